The molecule has 1 fully saturated rings. The van der Waals surface area contributed by atoms with Crippen LogP contribution in [0.2, 0.25) is 0 Å². The maximum Gasteiger partial charge on any atom is 0.615 e. The Bertz CT molecular complexity index is 239. The van der Waals surface area contributed by atoms with Crippen molar-refractivity contribution in [2.75, 3.05) is 19.8 Å². The Kier molecular flexibility index (Phi) is 14.0. The molecule has 9 heteroatoms. The van der Waals surface area contributed by atoms with Crippen LogP contribution >= 0.6 is 0 Å². The molecule has 1 rings (SSSR count). The van der Waals surface area contributed by atoms with Gasteiger partial charge in [-0.3, -0.25) is 0 Å². The van der Waals surface area contributed by atoms with Crippen LogP contribution < -0.4 is 0 Å². The van der Waals surface area contributed by atoms with Crippen molar-refractivity contribution in [3.05, 3.63) is 0 Å². The molecule has 0 bridgehead atoms. The Hall–Kier alpha value is -0.0452. The van der Waals surface area contributed by atoms with Gasteiger partial charge in [0.15, 0.2) is 0 Å². The van der Waals surface area contributed by atoms with Gasteiger partial charge in [0.2, 0.25) is 0 Å². The molecule has 6 nitrogen and oxygen atoms in total. The molecule has 1 heterocycles. The molecule has 0 N–H and O–H groups in total. The summed E-state index contributed by atoms with van der Waals surface area (Å²) in [5.41, 5.74) is 0. The molecule has 0 aromatic carbocycles. The molecule has 0 aromatic rings. The van der Waals surface area contributed by atoms with E-state index < -0.39 is 22.0 Å². The Morgan fingerprint density at radius 2 is 0.792 bits per heavy atom. The molecule has 1 aliphatic heterocycles. The van der Waals surface area contributed by atoms with Crippen LogP contribution in [0.1, 0.15) is 78.6 Å². The van der Waals surface area contributed by atoms with E-state index in [-0.39, 0.29) is 0 Å². The van der Waals surface area contributed by atoms with E-state index >= 15 is 0 Å². The lowest BCUT2D eigenvalue weighted by Crippen LogP contribution is -2.53. The Balaban J connectivity index is 2.33. The van der Waals surface area contributed by atoms with Gasteiger partial charge in [0, 0.05) is 19.8 Å². The lowest BCUT2D eigenvalue weighted by molar-refractivity contribution is 0.0648. The Labute approximate surface area is 148 Å². The smallest absolute Gasteiger partial charge is 0.400 e. The van der Waals surface area contributed by atoms with Crippen molar-refractivity contribution in [3.8, 4) is 0 Å². The van der Waals surface area contributed by atoms with Crippen LogP contribution in [0, 0.1) is 0 Å². The normalized spacial score (nSPS) is 15.4. The maximum absolute atomic E-state index is 5.62. The van der Waals surface area contributed by atoms with E-state index in [9.17, 15) is 0 Å². The van der Waals surface area contributed by atoms with E-state index in [1.54, 1.807) is 0 Å². The molecule has 0 saturated carbocycles. The molecular weight excluding hydrogens is 309 g/mol. The third-order valence-electron chi connectivity index (χ3n) is 3.67. The second-order valence-electron chi connectivity index (χ2n) is 6.01. The van der Waals surface area contributed by atoms with Crippen molar-refractivity contribution in [1.82, 2.24) is 0 Å². The lowest BCUT2D eigenvalue weighted by Gasteiger charge is -2.28. The van der Waals surface area contributed by atoms with Gasteiger partial charge in [0.05, 0.1) is 0 Å². The van der Waals surface area contributed by atoms with Crippen molar-refractivity contribution in [2.24, 2.45) is 0 Å². The first-order valence-corrected chi connectivity index (χ1v) is 9.61. The highest BCUT2D eigenvalue weighted by molar-refractivity contribution is 6.66. The molecule has 0 aliphatic carbocycles. The van der Waals surface area contributed by atoms with Crippen molar-refractivity contribution in [2.45, 2.75) is 78.6 Å². The second-order valence-corrected chi connectivity index (χ2v) is 6.01. The van der Waals surface area contributed by atoms with E-state index in [1.807, 2.05) is 0 Å². The average Bonchev–Trinajstić information content (AvgIpc) is 2.59. The van der Waals surface area contributed by atoms with Gasteiger partial charge in [-0.1, -0.05) is 59.3 Å². The summed E-state index contributed by atoms with van der Waals surface area (Å²) < 4.78 is 33.5. The zero-order valence-corrected chi connectivity index (χ0v) is 15.7. The molecule has 0 amide bonds. The fraction of sp³-hybridized carbons (Fsp3) is 1.00. The topological polar surface area (TPSA) is 55.4 Å². The molecule has 138 valence electrons. The van der Waals surface area contributed by atoms with Crippen LogP contribution in [0.4, 0.5) is 0 Å². The monoisotopic (exact) mass is 342 g/mol. The summed E-state index contributed by atoms with van der Waals surface area (Å²) >= 11 is 0. The van der Waals surface area contributed by atoms with Crippen molar-refractivity contribution < 1.29 is 27.7 Å². The highest BCUT2D eigenvalue weighted by atomic mass is 16.9. The SMILES string of the molecule is CCCCCOB1OB(OCCCCC)OB(OCCCCC)O1. The van der Waals surface area contributed by atoms with Crippen molar-refractivity contribution >= 4 is 22.0 Å². The summed E-state index contributed by atoms with van der Waals surface area (Å²) in [6, 6.07) is 0. The molecule has 1 aliphatic rings. The highest BCUT2D eigenvalue weighted by Gasteiger charge is 2.46. The second kappa shape index (κ2) is 15.2. The number of unbranched alkanes of at least 4 members (excludes halogenated alkanes) is 6. The number of hydrogen-bond acceptors (Lipinski definition) is 6. The van der Waals surface area contributed by atoms with Gasteiger partial charge in [-0.05, 0) is 19.3 Å². The Morgan fingerprint density at radius 1 is 0.500 bits per heavy atom. The van der Waals surface area contributed by atoms with Crippen LogP contribution in [-0.4, -0.2) is 41.8 Å². The summed E-state index contributed by atoms with van der Waals surface area (Å²) in [7, 11) is -2.41. The zero-order valence-electron chi connectivity index (χ0n) is 15.7. The summed E-state index contributed by atoms with van der Waals surface area (Å²) in [6.45, 7) is 8.22. The molecule has 24 heavy (non-hydrogen) atoms. The molecule has 0 unspecified atom stereocenters. The van der Waals surface area contributed by atoms with Gasteiger partial charge in [-0.25, -0.2) is 0 Å². The van der Waals surface area contributed by atoms with E-state index in [2.05, 4.69) is 20.8 Å². The van der Waals surface area contributed by atoms with Crippen LogP contribution in [0.15, 0.2) is 0 Å². The van der Waals surface area contributed by atoms with Crippen molar-refractivity contribution in [1.29, 1.82) is 0 Å². The van der Waals surface area contributed by atoms with Gasteiger partial charge in [-0.2, -0.15) is 0 Å². The van der Waals surface area contributed by atoms with E-state index in [4.69, 9.17) is 27.7 Å². The Morgan fingerprint density at radius 3 is 1.04 bits per heavy atom. The third kappa shape index (κ3) is 10.7. The first kappa shape index (κ1) is 22.0. The summed E-state index contributed by atoms with van der Waals surface area (Å²) in [5.74, 6) is 0. The average molecular weight is 342 g/mol. The minimum atomic E-state index is -0.803. The van der Waals surface area contributed by atoms with Crippen LogP contribution in [0.25, 0.3) is 0 Å². The summed E-state index contributed by atoms with van der Waals surface area (Å²) in [6.07, 6.45) is 9.73. The van der Waals surface area contributed by atoms with Gasteiger partial charge in [-0.15, -0.1) is 0 Å². The predicted molar refractivity (Wildman–Crippen MR) is 96.9 cm³/mol. The van der Waals surface area contributed by atoms with E-state index in [1.165, 1.54) is 0 Å². The predicted octanol–water partition coefficient (Wildman–Crippen LogP) is 3.62. The fourth-order valence-corrected chi connectivity index (χ4v) is 2.20. The minimum Gasteiger partial charge on any atom is -0.400 e. The first-order chi connectivity index (χ1) is 11.8. The number of rotatable bonds is 15. The summed E-state index contributed by atoms with van der Waals surface area (Å²) in [5, 5.41) is 0. The van der Waals surface area contributed by atoms with E-state index in [0.29, 0.717) is 19.8 Å². The molecule has 1 saturated heterocycles. The molecular formula is C15H33B3O6. The van der Waals surface area contributed by atoms with Gasteiger partial charge in [0.25, 0.3) is 0 Å². The molecule has 0 spiro atoms. The highest BCUT2D eigenvalue weighted by Crippen LogP contribution is 2.13. The third-order valence-corrected chi connectivity index (χ3v) is 3.67. The first-order valence-electron chi connectivity index (χ1n) is 9.61. The lowest BCUT2D eigenvalue weighted by atomic mass is 9.96. The molecule has 0 aromatic heterocycles. The fourth-order valence-electron chi connectivity index (χ4n) is 2.20. The van der Waals surface area contributed by atoms with Crippen LogP contribution in [0.3, 0.4) is 0 Å². The van der Waals surface area contributed by atoms with Crippen LogP contribution in [0.5, 0.6) is 0 Å². The summed E-state index contributed by atoms with van der Waals surface area (Å²) in [4.78, 5) is 0. The van der Waals surface area contributed by atoms with Crippen LogP contribution in [-0.2, 0) is 27.7 Å². The molecule has 0 radical (unpaired) electrons. The quantitative estimate of drug-likeness (QED) is 0.335. The molecule has 0 atom stereocenters. The maximum atomic E-state index is 5.62. The van der Waals surface area contributed by atoms with Gasteiger partial charge < -0.3 is 27.7 Å². The minimum absolute atomic E-state index is 0.587. The standard InChI is InChI=1S/C15H33B3O6/c1-4-7-10-13-19-16-22-17(20-14-11-8-5-2)24-18(23-16)21-15-12-9-6-3/h4-15H2,1-3H3. The van der Waals surface area contributed by atoms with Crippen molar-refractivity contribution in [3.63, 3.8) is 0 Å². The number of hydrogen-bond donors (Lipinski definition) is 0. The van der Waals surface area contributed by atoms with Gasteiger partial charge >= 0.3 is 22.0 Å². The van der Waals surface area contributed by atoms with Gasteiger partial charge in [0.1, 0.15) is 0 Å². The zero-order chi connectivity index (χ0) is 17.5. The largest absolute Gasteiger partial charge is 0.615 e. The van der Waals surface area contributed by atoms with E-state index in [0.717, 1.165) is 57.8 Å².